The largest absolute Gasteiger partial charge is 0.427 e. The van der Waals surface area contributed by atoms with Crippen molar-refractivity contribution in [2.45, 2.75) is 44.5 Å². The van der Waals surface area contributed by atoms with Crippen LogP contribution in [0.15, 0.2) is 12.2 Å². The summed E-state index contributed by atoms with van der Waals surface area (Å²) in [4.78, 5) is 0. The fourth-order valence-corrected chi connectivity index (χ4v) is 1.40. The van der Waals surface area contributed by atoms with Crippen LogP contribution in [0.25, 0.3) is 0 Å². The highest BCUT2D eigenvalue weighted by molar-refractivity contribution is 5.07. The van der Waals surface area contributed by atoms with Crippen LogP contribution in [0.5, 0.6) is 0 Å². The van der Waals surface area contributed by atoms with E-state index in [1.54, 1.807) is 0 Å². The quantitative estimate of drug-likeness (QED) is 0.520. The molecule has 16 heavy (non-hydrogen) atoms. The number of hydrogen-bond donors (Lipinski definition) is 0. The highest BCUT2D eigenvalue weighted by atomic mass is 19.4. The molecule has 0 amide bonds. The first-order valence-electron chi connectivity index (χ1n) is 4.82. The lowest BCUT2D eigenvalue weighted by Gasteiger charge is -2.44. The summed E-state index contributed by atoms with van der Waals surface area (Å²) >= 11 is 0. The molecule has 0 bridgehead atoms. The van der Waals surface area contributed by atoms with Crippen molar-refractivity contribution < 1.29 is 27.0 Å². The van der Waals surface area contributed by atoms with Crippen LogP contribution in [-0.4, -0.2) is 30.3 Å². The van der Waals surface area contributed by atoms with Gasteiger partial charge in [0, 0.05) is 0 Å². The number of alkyl halides is 4. The Balaban J connectivity index is 3.02. The summed E-state index contributed by atoms with van der Waals surface area (Å²) < 4.78 is 61.3. The van der Waals surface area contributed by atoms with E-state index in [9.17, 15) is 17.6 Å². The molecule has 1 aliphatic heterocycles. The molecule has 0 unspecified atom stereocenters. The second-order valence-electron chi connectivity index (χ2n) is 4.11. The summed E-state index contributed by atoms with van der Waals surface area (Å²) in [7, 11) is 0. The van der Waals surface area contributed by atoms with Gasteiger partial charge < -0.3 is 9.47 Å². The predicted octanol–water partition coefficient (Wildman–Crippen LogP) is 2.98. The molecule has 94 valence electrons. The van der Waals surface area contributed by atoms with Gasteiger partial charge in [0.1, 0.15) is 6.10 Å². The number of hydrogen-bond acceptors (Lipinski definition) is 2. The van der Waals surface area contributed by atoms with Gasteiger partial charge in [-0.1, -0.05) is 12.2 Å². The molecule has 0 saturated carbocycles. The zero-order chi connectivity index (χ0) is 12.6. The Kier molecular flexibility index (Phi) is 3.36. The van der Waals surface area contributed by atoms with E-state index in [0.717, 1.165) is 6.08 Å². The molecule has 0 aliphatic carbocycles. The van der Waals surface area contributed by atoms with Gasteiger partial charge in [-0.05, 0) is 20.8 Å². The van der Waals surface area contributed by atoms with Gasteiger partial charge in [0.15, 0.2) is 5.79 Å². The molecule has 0 aromatic rings. The first-order valence-corrected chi connectivity index (χ1v) is 4.82. The van der Waals surface area contributed by atoms with Crippen LogP contribution >= 0.6 is 0 Å². The molecule has 1 fully saturated rings. The second kappa shape index (κ2) is 4.00. The molecule has 1 aliphatic rings. The molecule has 2 nitrogen and oxygen atoms in total. The fourth-order valence-electron chi connectivity index (χ4n) is 1.40. The zero-order valence-electron chi connectivity index (χ0n) is 9.27. The molecule has 0 aromatic heterocycles. The molecule has 0 spiro atoms. The zero-order valence-corrected chi connectivity index (χ0v) is 9.27. The SMILES string of the molecule is C/C=C/[C@H]1OC(C)(C)OC[C@@]1(F)C(F)(F)F. The molecule has 1 rings (SSSR count). The Morgan fingerprint density at radius 3 is 2.31 bits per heavy atom. The summed E-state index contributed by atoms with van der Waals surface area (Å²) in [5.41, 5.74) is -3.49. The van der Waals surface area contributed by atoms with Crippen molar-refractivity contribution in [2.24, 2.45) is 0 Å². The summed E-state index contributed by atoms with van der Waals surface area (Å²) in [5.74, 6) is -1.22. The number of ether oxygens (including phenoxy) is 2. The van der Waals surface area contributed by atoms with E-state index in [1.807, 2.05) is 0 Å². The van der Waals surface area contributed by atoms with Gasteiger partial charge in [-0.2, -0.15) is 13.2 Å². The fraction of sp³-hybridized carbons (Fsp3) is 0.800. The van der Waals surface area contributed by atoms with Gasteiger partial charge in [0.2, 0.25) is 0 Å². The van der Waals surface area contributed by atoms with E-state index in [-0.39, 0.29) is 0 Å². The standard InChI is InChI=1S/C10H14F4O2/c1-4-5-7-9(11,10(12,13)14)6-15-8(2,3)16-7/h4-5,7H,6H2,1-3H3/b5-4+/t7-,9+/m1/s1. The maximum atomic E-state index is 13.8. The lowest BCUT2D eigenvalue weighted by molar-refractivity contribution is -0.365. The molecule has 0 aromatic carbocycles. The average molecular weight is 242 g/mol. The third-order valence-electron chi connectivity index (χ3n) is 2.33. The molecule has 0 radical (unpaired) electrons. The monoisotopic (exact) mass is 242 g/mol. The van der Waals surface area contributed by atoms with Crippen LogP contribution in [0.4, 0.5) is 17.6 Å². The maximum Gasteiger partial charge on any atom is 0.427 e. The van der Waals surface area contributed by atoms with E-state index >= 15 is 0 Å². The van der Waals surface area contributed by atoms with Crippen molar-refractivity contribution in [1.82, 2.24) is 0 Å². The van der Waals surface area contributed by atoms with Gasteiger partial charge in [0.05, 0.1) is 6.61 Å². The smallest absolute Gasteiger partial charge is 0.347 e. The molecule has 1 saturated heterocycles. The van der Waals surface area contributed by atoms with E-state index in [2.05, 4.69) is 0 Å². The lowest BCUT2D eigenvalue weighted by atomic mass is 9.96. The van der Waals surface area contributed by atoms with Crippen LogP contribution < -0.4 is 0 Å². The summed E-state index contributed by atoms with van der Waals surface area (Å²) in [5, 5.41) is 0. The van der Waals surface area contributed by atoms with Crippen molar-refractivity contribution in [3.8, 4) is 0 Å². The summed E-state index contributed by atoms with van der Waals surface area (Å²) in [6.45, 7) is 3.33. The van der Waals surface area contributed by atoms with Crippen molar-refractivity contribution in [3.63, 3.8) is 0 Å². The van der Waals surface area contributed by atoms with E-state index in [4.69, 9.17) is 9.47 Å². The van der Waals surface area contributed by atoms with Gasteiger partial charge in [-0.25, -0.2) is 4.39 Å². The van der Waals surface area contributed by atoms with Crippen LogP contribution in [-0.2, 0) is 9.47 Å². The van der Waals surface area contributed by atoms with Crippen molar-refractivity contribution >= 4 is 0 Å². The van der Waals surface area contributed by atoms with Crippen LogP contribution in [0.1, 0.15) is 20.8 Å². The van der Waals surface area contributed by atoms with Crippen LogP contribution in [0.3, 0.4) is 0 Å². The minimum atomic E-state index is -5.02. The highest BCUT2D eigenvalue weighted by Crippen LogP contribution is 2.43. The third kappa shape index (κ3) is 2.38. The number of allylic oxidation sites excluding steroid dienone is 1. The van der Waals surface area contributed by atoms with Crippen molar-refractivity contribution in [2.75, 3.05) is 6.61 Å². The third-order valence-corrected chi connectivity index (χ3v) is 2.33. The second-order valence-corrected chi connectivity index (χ2v) is 4.11. The summed E-state index contributed by atoms with van der Waals surface area (Å²) in [6, 6.07) is 0. The molecular weight excluding hydrogens is 228 g/mol. The highest BCUT2D eigenvalue weighted by Gasteiger charge is 2.64. The Morgan fingerprint density at radius 2 is 1.88 bits per heavy atom. The minimum absolute atomic E-state index is 1.05. The predicted molar refractivity (Wildman–Crippen MR) is 49.6 cm³/mol. The van der Waals surface area contributed by atoms with Gasteiger partial charge in [-0.3, -0.25) is 0 Å². The van der Waals surface area contributed by atoms with Crippen LogP contribution in [0.2, 0.25) is 0 Å². The van der Waals surface area contributed by atoms with E-state index in [1.165, 1.54) is 26.8 Å². The first-order chi connectivity index (χ1) is 7.12. The topological polar surface area (TPSA) is 18.5 Å². The average Bonchev–Trinajstić information content (AvgIpc) is 2.10. The van der Waals surface area contributed by atoms with Crippen molar-refractivity contribution in [1.29, 1.82) is 0 Å². The Morgan fingerprint density at radius 1 is 1.31 bits per heavy atom. The maximum absolute atomic E-state index is 13.8. The lowest BCUT2D eigenvalue weighted by Crippen LogP contribution is -2.61. The molecular formula is C10H14F4O2. The van der Waals surface area contributed by atoms with E-state index < -0.39 is 30.3 Å². The molecule has 0 N–H and O–H groups in total. The van der Waals surface area contributed by atoms with Gasteiger partial charge in [0.25, 0.3) is 5.67 Å². The summed E-state index contributed by atoms with van der Waals surface area (Å²) in [6.07, 6.45) is -4.32. The van der Waals surface area contributed by atoms with Crippen LogP contribution in [0, 0.1) is 0 Å². The first kappa shape index (κ1) is 13.4. The van der Waals surface area contributed by atoms with E-state index in [0.29, 0.717) is 0 Å². The van der Waals surface area contributed by atoms with Gasteiger partial charge in [-0.15, -0.1) is 0 Å². The Bertz CT molecular complexity index is 285. The Labute approximate surface area is 91.2 Å². The number of halogens is 4. The molecule has 6 heteroatoms. The van der Waals surface area contributed by atoms with Gasteiger partial charge >= 0.3 is 6.18 Å². The Hall–Kier alpha value is -0.620. The molecule has 1 heterocycles. The normalized spacial score (nSPS) is 35.6. The molecule has 2 atom stereocenters. The van der Waals surface area contributed by atoms with Crippen molar-refractivity contribution in [3.05, 3.63) is 12.2 Å². The number of rotatable bonds is 1. The minimum Gasteiger partial charge on any atom is -0.347 e.